The second-order valence-electron chi connectivity index (χ2n) is 6.61. The molecular weight excluding hydrogens is 360 g/mol. The summed E-state index contributed by atoms with van der Waals surface area (Å²) in [5, 5.41) is 14.7. The molecule has 3 rings (SSSR count). The molecular formula is C15H22N6O4S. The quantitative estimate of drug-likeness (QED) is 0.822. The van der Waals surface area contributed by atoms with Gasteiger partial charge in [-0.1, -0.05) is 5.10 Å². The van der Waals surface area contributed by atoms with E-state index in [2.05, 4.69) is 20.6 Å². The second-order valence-corrected chi connectivity index (χ2v) is 8.60. The van der Waals surface area contributed by atoms with Crippen molar-refractivity contribution in [3.8, 4) is 11.6 Å². The number of hydrogen-bond donors (Lipinski definition) is 1. The van der Waals surface area contributed by atoms with Gasteiger partial charge in [0.05, 0.1) is 6.26 Å². The van der Waals surface area contributed by atoms with E-state index in [9.17, 15) is 13.2 Å². The van der Waals surface area contributed by atoms with E-state index in [1.165, 1.54) is 10.6 Å². The summed E-state index contributed by atoms with van der Waals surface area (Å²) in [6.07, 6.45) is 3.91. The van der Waals surface area contributed by atoms with E-state index >= 15 is 0 Å². The van der Waals surface area contributed by atoms with E-state index < -0.39 is 10.0 Å². The lowest BCUT2D eigenvalue weighted by atomic mass is 9.97. The molecule has 1 fully saturated rings. The molecule has 1 aliphatic rings. The van der Waals surface area contributed by atoms with Crippen LogP contribution in [0.1, 0.15) is 32.7 Å². The molecule has 142 valence electrons. The molecule has 0 atom stereocenters. The Kier molecular flexibility index (Phi) is 5.10. The second kappa shape index (κ2) is 7.16. The van der Waals surface area contributed by atoms with Gasteiger partial charge in [0.2, 0.25) is 15.9 Å². The van der Waals surface area contributed by atoms with Gasteiger partial charge < -0.3 is 4.42 Å². The van der Waals surface area contributed by atoms with Crippen LogP contribution >= 0.6 is 0 Å². The highest BCUT2D eigenvalue weighted by molar-refractivity contribution is 7.88. The number of carbonyl (C=O) groups excluding carboxylic acids is 1. The fourth-order valence-corrected chi connectivity index (χ4v) is 3.65. The van der Waals surface area contributed by atoms with E-state index in [4.69, 9.17) is 4.42 Å². The minimum atomic E-state index is -3.21. The number of hydrogen-bond acceptors (Lipinski definition) is 7. The van der Waals surface area contributed by atoms with Crippen LogP contribution in [0.2, 0.25) is 0 Å². The van der Waals surface area contributed by atoms with Crippen LogP contribution in [0.3, 0.4) is 0 Å². The molecule has 0 aromatic carbocycles. The molecule has 0 bridgehead atoms. The first-order valence-corrected chi connectivity index (χ1v) is 10.2. The third kappa shape index (κ3) is 4.10. The summed E-state index contributed by atoms with van der Waals surface area (Å²) in [6, 6.07) is 1.98. The Morgan fingerprint density at radius 3 is 2.58 bits per heavy atom. The predicted octanol–water partition coefficient (Wildman–Crippen LogP) is 1.12. The van der Waals surface area contributed by atoms with Crippen molar-refractivity contribution in [2.45, 2.75) is 32.7 Å². The number of rotatable bonds is 5. The molecule has 3 heterocycles. The zero-order valence-corrected chi connectivity index (χ0v) is 15.7. The lowest BCUT2D eigenvalue weighted by Crippen LogP contribution is -2.40. The molecule has 0 spiro atoms. The number of anilines is 1. The number of carbonyl (C=O) groups is 1. The van der Waals surface area contributed by atoms with E-state index in [0.29, 0.717) is 31.6 Å². The van der Waals surface area contributed by atoms with E-state index in [-0.39, 0.29) is 29.8 Å². The molecule has 1 amide bonds. The highest BCUT2D eigenvalue weighted by Gasteiger charge is 2.29. The highest BCUT2D eigenvalue weighted by atomic mass is 32.2. The molecule has 0 radical (unpaired) electrons. The molecule has 2 aromatic heterocycles. The van der Waals surface area contributed by atoms with Gasteiger partial charge in [0, 0.05) is 31.2 Å². The van der Waals surface area contributed by atoms with Gasteiger partial charge in [-0.25, -0.2) is 12.7 Å². The maximum Gasteiger partial charge on any atom is 0.322 e. The first-order valence-electron chi connectivity index (χ1n) is 8.39. The van der Waals surface area contributed by atoms with Crippen molar-refractivity contribution >= 4 is 21.9 Å². The van der Waals surface area contributed by atoms with Crippen LogP contribution < -0.4 is 5.32 Å². The van der Waals surface area contributed by atoms with Crippen molar-refractivity contribution < 1.29 is 17.6 Å². The van der Waals surface area contributed by atoms with Crippen LogP contribution in [0.25, 0.3) is 11.6 Å². The van der Waals surface area contributed by atoms with Crippen LogP contribution in [0.4, 0.5) is 6.01 Å². The summed E-state index contributed by atoms with van der Waals surface area (Å²) in [5.74, 6) is -0.309. The SMILES string of the molecule is CC(C)n1ccc(-c2nnc(NC(=O)C3CCN(S(C)(=O)=O)CC3)o2)n1. The normalized spacial score (nSPS) is 16.9. The largest absolute Gasteiger partial charge is 0.401 e. The summed E-state index contributed by atoms with van der Waals surface area (Å²) < 4.78 is 31.7. The Morgan fingerprint density at radius 1 is 1.31 bits per heavy atom. The number of piperidine rings is 1. The summed E-state index contributed by atoms with van der Waals surface area (Å²) >= 11 is 0. The number of amides is 1. The van der Waals surface area contributed by atoms with E-state index in [1.54, 1.807) is 10.7 Å². The summed E-state index contributed by atoms with van der Waals surface area (Å²) in [7, 11) is -3.21. The topological polar surface area (TPSA) is 123 Å². The van der Waals surface area contributed by atoms with Crippen LogP contribution in [0.15, 0.2) is 16.7 Å². The third-order valence-electron chi connectivity index (χ3n) is 4.31. The molecule has 26 heavy (non-hydrogen) atoms. The molecule has 1 aliphatic heterocycles. The zero-order valence-electron chi connectivity index (χ0n) is 14.9. The number of nitrogens with zero attached hydrogens (tertiary/aromatic N) is 5. The number of aromatic nitrogens is 4. The Balaban J connectivity index is 1.60. The van der Waals surface area contributed by atoms with Crippen molar-refractivity contribution in [1.29, 1.82) is 0 Å². The van der Waals surface area contributed by atoms with Crippen molar-refractivity contribution in [3.63, 3.8) is 0 Å². The Hall–Kier alpha value is -2.27. The highest BCUT2D eigenvalue weighted by Crippen LogP contribution is 2.22. The van der Waals surface area contributed by atoms with Gasteiger partial charge in [0.1, 0.15) is 5.69 Å². The lowest BCUT2D eigenvalue weighted by Gasteiger charge is -2.28. The van der Waals surface area contributed by atoms with Gasteiger partial charge >= 0.3 is 6.01 Å². The van der Waals surface area contributed by atoms with Crippen molar-refractivity contribution in [3.05, 3.63) is 12.3 Å². The molecule has 1 N–H and O–H groups in total. The van der Waals surface area contributed by atoms with Crippen LogP contribution in [0.5, 0.6) is 0 Å². The van der Waals surface area contributed by atoms with Gasteiger partial charge in [-0.05, 0) is 32.8 Å². The monoisotopic (exact) mass is 382 g/mol. The van der Waals surface area contributed by atoms with Crippen molar-refractivity contribution in [2.24, 2.45) is 5.92 Å². The molecule has 0 aliphatic carbocycles. The molecule has 11 heteroatoms. The van der Waals surface area contributed by atoms with Crippen molar-refractivity contribution in [2.75, 3.05) is 24.7 Å². The van der Waals surface area contributed by atoms with E-state index in [0.717, 1.165) is 0 Å². The lowest BCUT2D eigenvalue weighted by molar-refractivity contribution is -0.121. The fraction of sp³-hybridized carbons (Fsp3) is 0.600. The maximum atomic E-state index is 12.3. The van der Waals surface area contributed by atoms with Gasteiger partial charge in [-0.15, -0.1) is 5.10 Å². The standard InChI is InChI=1S/C15H22N6O4S/c1-10(2)21-9-6-12(19-21)14-17-18-15(25-14)16-13(22)11-4-7-20(8-5-11)26(3,23)24/h6,9-11H,4-5,7-8H2,1-3H3,(H,16,18,22). The number of sulfonamides is 1. The zero-order chi connectivity index (χ0) is 18.9. The average Bonchev–Trinajstić information content (AvgIpc) is 3.23. The molecule has 0 saturated carbocycles. The predicted molar refractivity (Wildman–Crippen MR) is 93.7 cm³/mol. The smallest absolute Gasteiger partial charge is 0.322 e. The molecule has 10 nitrogen and oxygen atoms in total. The minimum Gasteiger partial charge on any atom is -0.401 e. The Labute approximate surface area is 151 Å². The summed E-state index contributed by atoms with van der Waals surface area (Å²) in [6.45, 7) is 4.67. The summed E-state index contributed by atoms with van der Waals surface area (Å²) in [5.41, 5.74) is 0.535. The Bertz CT molecular complexity index is 880. The molecule has 0 unspecified atom stereocenters. The van der Waals surface area contributed by atoms with Gasteiger partial charge in [0.25, 0.3) is 5.89 Å². The first kappa shape index (κ1) is 18.5. The molecule has 1 saturated heterocycles. The van der Waals surface area contributed by atoms with E-state index in [1.807, 2.05) is 20.0 Å². The summed E-state index contributed by atoms with van der Waals surface area (Å²) in [4.78, 5) is 12.3. The van der Waals surface area contributed by atoms with Gasteiger partial charge in [-0.2, -0.15) is 5.10 Å². The van der Waals surface area contributed by atoms with Crippen molar-refractivity contribution in [1.82, 2.24) is 24.3 Å². The Morgan fingerprint density at radius 2 is 2.00 bits per heavy atom. The first-order chi connectivity index (χ1) is 12.2. The number of nitrogens with one attached hydrogen (secondary N) is 1. The van der Waals surface area contributed by atoms with Crippen LogP contribution in [-0.4, -0.2) is 58.0 Å². The molecule has 2 aromatic rings. The van der Waals surface area contributed by atoms with Crippen LogP contribution in [-0.2, 0) is 14.8 Å². The fourth-order valence-electron chi connectivity index (χ4n) is 2.77. The van der Waals surface area contributed by atoms with Gasteiger partial charge in [0.15, 0.2) is 0 Å². The van der Waals surface area contributed by atoms with Gasteiger partial charge in [-0.3, -0.25) is 14.8 Å². The van der Waals surface area contributed by atoms with Crippen LogP contribution in [0, 0.1) is 5.92 Å². The minimum absolute atomic E-state index is 0.00893. The maximum absolute atomic E-state index is 12.3. The third-order valence-corrected chi connectivity index (χ3v) is 5.61. The average molecular weight is 382 g/mol.